The van der Waals surface area contributed by atoms with Crippen molar-refractivity contribution in [1.82, 2.24) is 0 Å². The Kier molecular flexibility index (Phi) is 3.24. The molecule has 1 aliphatic heterocycles. The number of benzene rings is 2. The Hall–Kier alpha value is -2.20. The van der Waals surface area contributed by atoms with Gasteiger partial charge in [-0.1, -0.05) is 24.3 Å². The normalized spacial score (nSPS) is 20.3. The Morgan fingerprint density at radius 3 is 2.75 bits per heavy atom. The van der Waals surface area contributed by atoms with Gasteiger partial charge in [-0.25, -0.2) is 0 Å². The first kappa shape index (κ1) is 12.8. The molecule has 0 amide bonds. The lowest BCUT2D eigenvalue weighted by molar-refractivity contribution is 0.159. The maximum atomic E-state index is 9.66. The summed E-state index contributed by atoms with van der Waals surface area (Å²) < 4.78 is 11.1. The van der Waals surface area contributed by atoms with E-state index in [2.05, 4.69) is 0 Å². The fourth-order valence-electron chi connectivity index (χ4n) is 2.64. The van der Waals surface area contributed by atoms with Crippen molar-refractivity contribution in [1.29, 1.82) is 0 Å². The standard InChI is InChI=1S/C16H16O4/c1-19-15-8-10(6-7-13(15)18)16-12(9-17)11-4-2-3-5-14(11)20-16/h2-8,12,16-18H,9H2,1H3/t12-,16+/m0/s1. The van der Waals surface area contributed by atoms with Crippen molar-refractivity contribution < 1.29 is 19.7 Å². The molecule has 2 aromatic carbocycles. The van der Waals surface area contributed by atoms with Crippen LogP contribution in [-0.2, 0) is 0 Å². The number of ether oxygens (including phenoxy) is 2. The van der Waals surface area contributed by atoms with Crippen LogP contribution in [0, 0.1) is 0 Å². The van der Waals surface area contributed by atoms with Crippen molar-refractivity contribution in [3.63, 3.8) is 0 Å². The average Bonchev–Trinajstić information content (AvgIpc) is 2.86. The zero-order valence-electron chi connectivity index (χ0n) is 11.1. The molecule has 2 atom stereocenters. The van der Waals surface area contributed by atoms with E-state index >= 15 is 0 Å². The summed E-state index contributed by atoms with van der Waals surface area (Å²) in [4.78, 5) is 0. The number of rotatable bonds is 3. The number of methoxy groups -OCH3 is 1. The van der Waals surface area contributed by atoms with Crippen LogP contribution in [0.1, 0.15) is 23.1 Å². The minimum Gasteiger partial charge on any atom is -0.504 e. The second kappa shape index (κ2) is 5.06. The molecule has 3 rings (SSSR count). The van der Waals surface area contributed by atoms with E-state index in [0.29, 0.717) is 5.75 Å². The molecule has 20 heavy (non-hydrogen) atoms. The highest BCUT2D eigenvalue weighted by atomic mass is 16.5. The van der Waals surface area contributed by atoms with Gasteiger partial charge in [0.1, 0.15) is 11.9 Å². The number of hydrogen-bond acceptors (Lipinski definition) is 4. The van der Waals surface area contributed by atoms with Crippen LogP contribution < -0.4 is 9.47 Å². The maximum Gasteiger partial charge on any atom is 0.160 e. The molecule has 0 fully saturated rings. The van der Waals surface area contributed by atoms with Gasteiger partial charge in [0.2, 0.25) is 0 Å². The molecule has 0 aromatic heterocycles. The van der Waals surface area contributed by atoms with Crippen LogP contribution in [0.15, 0.2) is 42.5 Å². The van der Waals surface area contributed by atoms with Crippen molar-refractivity contribution in [2.75, 3.05) is 13.7 Å². The molecule has 0 saturated heterocycles. The van der Waals surface area contributed by atoms with Gasteiger partial charge >= 0.3 is 0 Å². The Labute approximate surface area is 117 Å². The third-order valence-corrected chi connectivity index (χ3v) is 3.67. The van der Waals surface area contributed by atoms with Gasteiger partial charge < -0.3 is 19.7 Å². The van der Waals surface area contributed by atoms with Gasteiger partial charge in [-0.05, 0) is 23.8 Å². The average molecular weight is 272 g/mol. The maximum absolute atomic E-state index is 9.66. The molecule has 1 heterocycles. The lowest BCUT2D eigenvalue weighted by atomic mass is 9.92. The third kappa shape index (κ3) is 1.98. The highest BCUT2D eigenvalue weighted by Crippen LogP contribution is 2.46. The number of para-hydroxylation sites is 1. The van der Waals surface area contributed by atoms with E-state index in [-0.39, 0.29) is 24.4 Å². The predicted molar refractivity (Wildman–Crippen MR) is 74.3 cm³/mol. The Bertz CT molecular complexity index is 624. The van der Waals surface area contributed by atoms with E-state index in [4.69, 9.17) is 9.47 Å². The summed E-state index contributed by atoms with van der Waals surface area (Å²) in [5.74, 6) is 1.18. The summed E-state index contributed by atoms with van der Waals surface area (Å²) >= 11 is 0. The topological polar surface area (TPSA) is 58.9 Å². The van der Waals surface area contributed by atoms with E-state index < -0.39 is 0 Å². The zero-order chi connectivity index (χ0) is 14.1. The van der Waals surface area contributed by atoms with E-state index in [1.807, 2.05) is 24.3 Å². The van der Waals surface area contributed by atoms with Gasteiger partial charge in [-0.3, -0.25) is 0 Å². The number of phenols is 1. The second-order valence-electron chi connectivity index (χ2n) is 4.80. The van der Waals surface area contributed by atoms with Crippen LogP contribution in [0.4, 0.5) is 0 Å². The van der Waals surface area contributed by atoms with Crippen molar-refractivity contribution in [2.24, 2.45) is 0 Å². The van der Waals surface area contributed by atoms with Gasteiger partial charge in [-0.2, -0.15) is 0 Å². The third-order valence-electron chi connectivity index (χ3n) is 3.67. The molecule has 0 aliphatic carbocycles. The largest absolute Gasteiger partial charge is 0.504 e. The predicted octanol–water partition coefficient (Wildman–Crippen LogP) is 2.61. The first-order chi connectivity index (χ1) is 9.74. The van der Waals surface area contributed by atoms with Gasteiger partial charge in [0.25, 0.3) is 0 Å². The van der Waals surface area contributed by atoms with Crippen LogP contribution in [0.5, 0.6) is 17.2 Å². The van der Waals surface area contributed by atoms with Crippen LogP contribution in [-0.4, -0.2) is 23.9 Å². The van der Waals surface area contributed by atoms with Crippen molar-refractivity contribution in [3.05, 3.63) is 53.6 Å². The lowest BCUT2D eigenvalue weighted by Crippen LogP contribution is -2.13. The molecule has 104 valence electrons. The summed E-state index contributed by atoms with van der Waals surface area (Å²) in [6, 6.07) is 12.8. The fraction of sp³-hybridized carbons (Fsp3) is 0.250. The summed E-state index contributed by atoms with van der Waals surface area (Å²) in [7, 11) is 1.51. The molecule has 4 nitrogen and oxygen atoms in total. The summed E-state index contributed by atoms with van der Waals surface area (Å²) in [5, 5.41) is 19.3. The van der Waals surface area contributed by atoms with Crippen molar-refractivity contribution in [3.8, 4) is 17.2 Å². The fourth-order valence-corrected chi connectivity index (χ4v) is 2.64. The Morgan fingerprint density at radius 1 is 1.20 bits per heavy atom. The summed E-state index contributed by atoms with van der Waals surface area (Å²) in [6.07, 6.45) is -0.271. The Balaban J connectivity index is 1.99. The smallest absolute Gasteiger partial charge is 0.160 e. The molecule has 0 unspecified atom stereocenters. The molecule has 0 saturated carbocycles. The summed E-state index contributed by atoms with van der Waals surface area (Å²) in [5.41, 5.74) is 1.88. The zero-order valence-corrected chi connectivity index (χ0v) is 11.1. The van der Waals surface area contributed by atoms with Crippen LogP contribution in [0.2, 0.25) is 0 Å². The molecular formula is C16H16O4. The minimum atomic E-state index is -0.271. The van der Waals surface area contributed by atoms with Gasteiger partial charge in [0, 0.05) is 5.56 Å². The quantitative estimate of drug-likeness (QED) is 0.901. The van der Waals surface area contributed by atoms with E-state index in [0.717, 1.165) is 16.9 Å². The lowest BCUT2D eigenvalue weighted by Gasteiger charge is -2.18. The van der Waals surface area contributed by atoms with Crippen LogP contribution in [0.25, 0.3) is 0 Å². The van der Waals surface area contributed by atoms with Gasteiger partial charge in [-0.15, -0.1) is 0 Å². The second-order valence-corrected chi connectivity index (χ2v) is 4.80. The van der Waals surface area contributed by atoms with Crippen molar-refractivity contribution in [2.45, 2.75) is 12.0 Å². The van der Waals surface area contributed by atoms with Crippen LogP contribution >= 0.6 is 0 Å². The molecule has 4 heteroatoms. The molecule has 2 aromatic rings. The van der Waals surface area contributed by atoms with E-state index in [1.165, 1.54) is 7.11 Å². The highest BCUT2D eigenvalue weighted by Gasteiger charge is 2.35. The van der Waals surface area contributed by atoms with Gasteiger partial charge in [0.05, 0.1) is 19.6 Å². The molecule has 2 N–H and O–H groups in total. The SMILES string of the molecule is COc1cc([C@H]2Oc3ccccc3[C@@H]2CO)ccc1O. The molecular weight excluding hydrogens is 256 g/mol. The summed E-state index contributed by atoms with van der Waals surface area (Å²) in [6.45, 7) is 0.00483. The number of aromatic hydroxyl groups is 1. The minimum absolute atomic E-state index is 0.00483. The van der Waals surface area contributed by atoms with Gasteiger partial charge in [0.15, 0.2) is 11.5 Å². The number of hydrogen-bond donors (Lipinski definition) is 2. The number of phenolic OH excluding ortho intramolecular Hbond substituents is 1. The number of aliphatic hydroxyl groups is 1. The first-order valence-corrected chi connectivity index (χ1v) is 6.48. The van der Waals surface area contributed by atoms with Crippen molar-refractivity contribution >= 4 is 0 Å². The number of fused-ring (bicyclic) bond motifs is 1. The van der Waals surface area contributed by atoms with E-state index in [9.17, 15) is 10.2 Å². The first-order valence-electron chi connectivity index (χ1n) is 6.48. The Morgan fingerprint density at radius 2 is 2.00 bits per heavy atom. The molecule has 1 aliphatic rings. The highest BCUT2D eigenvalue weighted by molar-refractivity contribution is 5.47. The molecule has 0 bridgehead atoms. The van der Waals surface area contributed by atoms with Crippen LogP contribution in [0.3, 0.4) is 0 Å². The molecule has 0 radical (unpaired) electrons. The van der Waals surface area contributed by atoms with E-state index in [1.54, 1.807) is 18.2 Å². The number of aliphatic hydroxyl groups excluding tert-OH is 1. The monoisotopic (exact) mass is 272 g/mol. The molecule has 0 spiro atoms.